The minimum Gasteiger partial charge on any atom is -0.389 e. The van der Waals surface area contributed by atoms with Gasteiger partial charge >= 0.3 is 0 Å². The van der Waals surface area contributed by atoms with Crippen molar-refractivity contribution in [2.24, 2.45) is 5.92 Å². The summed E-state index contributed by atoms with van der Waals surface area (Å²) in [6.07, 6.45) is 12.4. The summed E-state index contributed by atoms with van der Waals surface area (Å²) in [5.74, 6) is 0.941. The monoisotopic (exact) mass is 180 g/mol. The second-order valence-corrected chi connectivity index (χ2v) is 4.64. The Morgan fingerprint density at radius 2 is 1.92 bits per heavy atom. The smallest absolute Gasteiger partial charge is 0.0723 e. The van der Waals surface area contributed by atoms with Crippen molar-refractivity contribution in [1.29, 1.82) is 0 Å². The zero-order valence-corrected chi connectivity index (χ0v) is 8.34. The van der Waals surface area contributed by atoms with Crippen LogP contribution in [0.3, 0.4) is 0 Å². The van der Waals surface area contributed by atoms with E-state index < -0.39 is 0 Å². The molecule has 2 rings (SSSR count). The summed E-state index contributed by atoms with van der Waals surface area (Å²) in [7, 11) is 0. The molecule has 74 valence electrons. The molecule has 0 saturated heterocycles. The predicted octanol–water partition coefficient (Wildman–Crippen LogP) is 3.04. The van der Waals surface area contributed by atoms with E-state index in [4.69, 9.17) is 0 Å². The predicted molar refractivity (Wildman–Crippen MR) is 54.5 cm³/mol. The van der Waals surface area contributed by atoms with Crippen LogP contribution in [-0.2, 0) is 0 Å². The molecule has 1 saturated carbocycles. The number of aliphatic hydroxyl groups is 1. The molecule has 2 aliphatic carbocycles. The lowest BCUT2D eigenvalue weighted by Crippen LogP contribution is -2.10. The van der Waals surface area contributed by atoms with Gasteiger partial charge in [-0.3, -0.25) is 0 Å². The number of aliphatic hydroxyl groups excluding tert-OH is 1. The number of hydrogen-bond acceptors (Lipinski definition) is 1. The van der Waals surface area contributed by atoms with Gasteiger partial charge in [-0.2, -0.15) is 0 Å². The van der Waals surface area contributed by atoms with Crippen LogP contribution in [0.5, 0.6) is 0 Å². The molecule has 13 heavy (non-hydrogen) atoms. The zero-order valence-electron chi connectivity index (χ0n) is 8.34. The van der Waals surface area contributed by atoms with Crippen molar-refractivity contribution in [3.63, 3.8) is 0 Å². The van der Waals surface area contributed by atoms with Crippen LogP contribution < -0.4 is 0 Å². The van der Waals surface area contributed by atoms with Crippen molar-refractivity contribution >= 4 is 0 Å². The van der Waals surface area contributed by atoms with Gasteiger partial charge in [-0.25, -0.2) is 0 Å². The fourth-order valence-electron chi connectivity index (χ4n) is 2.73. The highest BCUT2D eigenvalue weighted by Gasteiger charge is 2.18. The van der Waals surface area contributed by atoms with Gasteiger partial charge in [0.15, 0.2) is 0 Å². The number of allylic oxidation sites excluding steroid dienone is 1. The molecule has 0 radical (unpaired) electrons. The molecule has 0 spiro atoms. The maximum atomic E-state index is 9.48. The highest BCUT2D eigenvalue weighted by Crippen LogP contribution is 2.33. The molecule has 0 aliphatic heterocycles. The van der Waals surface area contributed by atoms with Crippen molar-refractivity contribution in [2.45, 2.75) is 57.5 Å². The highest BCUT2D eigenvalue weighted by atomic mass is 16.3. The number of hydrogen-bond donors (Lipinski definition) is 1. The van der Waals surface area contributed by atoms with Crippen molar-refractivity contribution in [1.82, 2.24) is 0 Å². The third-order valence-electron chi connectivity index (χ3n) is 3.45. The Hall–Kier alpha value is -0.300. The SMILES string of the molecule is OC1C=C(CC2CCCC2)CCC1. The van der Waals surface area contributed by atoms with E-state index >= 15 is 0 Å². The standard InChI is InChI=1S/C12H20O/c13-12-7-3-6-11(9-12)8-10-4-1-2-5-10/h9-10,12-13H,1-8H2. The molecule has 1 atom stereocenters. The average molecular weight is 180 g/mol. The molecular formula is C12H20O. The summed E-state index contributed by atoms with van der Waals surface area (Å²) >= 11 is 0. The largest absolute Gasteiger partial charge is 0.389 e. The van der Waals surface area contributed by atoms with E-state index in [-0.39, 0.29) is 6.10 Å². The van der Waals surface area contributed by atoms with Crippen LogP contribution in [0.1, 0.15) is 51.4 Å². The summed E-state index contributed by atoms with van der Waals surface area (Å²) in [4.78, 5) is 0. The van der Waals surface area contributed by atoms with E-state index in [1.807, 2.05) is 0 Å². The average Bonchev–Trinajstić information content (AvgIpc) is 2.57. The molecular weight excluding hydrogens is 160 g/mol. The van der Waals surface area contributed by atoms with Crippen LogP contribution in [-0.4, -0.2) is 11.2 Å². The molecule has 1 fully saturated rings. The fraction of sp³-hybridized carbons (Fsp3) is 0.833. The van der Waals surface area contributed by atoms with E-state index in [1.54, 1.807) is 0 Å². The second-order valence-electron chi connectivity index (χ2n) is 4.64. The Balaban J connectivity index is 1.85. The van der Waals surface area contributed by atoms with Crippen LogP contribution in [0, 0.1) is 5.92 Å². The first-order chi connectivity index (χ1) is 6.34. The summed E-state index contributed by atoms with van der Waals surface area (Å²) in [5, 5.41) is 9.48. The van der Waals surface area contributed by atoms with Crippen LogP contribution in [0.2, 0.25) is 0 Å². The third-order valence-corrected chi connectivity index (χ3v) is 3.45. The first-order valence-corrected chi connectivity index (χ1v) is 5.72. The Labute approximate surface area is 80.8 Å². The summed E-state index contributed by atoms with van der Waals surface area (Å²) < 4.78 is 0. The normalized spacial score (nSPS) is 30.5. The molecule has 1 nitrogen and oxygen atoms in total. The maximum Gasteiger partial charge on any atom is 0.0723 e. The second kappa shape index (κ2) is 4.28. The molecule has 0 aromatic carbocycles. The van der Waals surface area contributed by atoms with E-state index in [1.165, 1.54) is 50.5 Å². The van der Waals surface area contributed by atoms with Gasteiger partial charge in [-0.15, -0.1) is 0 Å². The van der Waals surface area contributed by atoms with Crippen molar-refractivity contribution in [2.75, 3.05) is 0 Å². The molecule has 0 aromatic heterocycles. The minimum atomic E-state index is -0.134. The Morgan fingerprint density at radius 3 is 2.62 bits per heavy atom. The third kappa shape index (κ3) is 2.57. The zero-order chi connectivity index (χ0) is 9.10. The Bertz CT molecular complexity index is 189. The summed E-state index contributed by atoms with van der Waals surface area (Å²) in [6, 6.07) is 0. The molecule has 1 heteroatoms. The van der Waals surface area contributed by atoms with Crippen LogP contribution in [0.4, 0.5) is 0 Å². The number of rotatable bonds is 2. The van der Waals surface area contributed by atoms with Crippen molar-refractivity contribution in [3.05, 3.63) is 11.6 Å². The molecule has 0 bridgehead atoms. The fourth-order valence-corrected chi connectivity index (χ4v) is 2.73. The molecule has 0 amide bonds. The van der Waals surface area contributed by atoms with Gasteiger partial charge in [0.2, 0.25) is 0 Å². The van der Waals surface area contributed by atoms with Gasteiger partial charge < -0.3 is 5.11 Å². The lowest BCUT2D eigenvalue weighted by atomic mass is 9.89. The quantitative estimate of drug-likeness (QED) is 0.648. The molecule has 1 N–H and O–H groups in total. The van der Waals surface area contributed by atoms with Gasteiger partial charge in [0.25, 0.3) is 0 Å². The lowest BCUT2D eigenvalue weighted by Gasteiger charge is -2.19. The molecule has 0 heterocycles. The van der Waals surface area contributed by atoms with Crippen molar-refractivity contribution < 1.29 is 5.11 Å². The first kappa shape index (κ1) is 9.26. The summed E-state index contributed by atoms with van der Waals surface area (Å²) in [5.41, 5.74) is 1.53. The van der Waals surface area contributed by atoms with E-state index in [0.717, 1.165) is 12.3 Å². The van der Waals surface area contributed by atoms with Gasteiger partial charge in [-0.1, -0.05) is 37.3 Å². The lowest BCUT2D eigenvalue weighted by molar-refractivity contribution is 0.200. The van der Waals surface area contributed by atoms with Gasteiger partial charge in [0.05, 0.1) is 6.10 Å². The highest BCUT2D eigenvalue weighted by molar-refractivity contribution is 5.09. The van der Waals surface area contributed by atoms with Crippen LogP contribution in [0.25, 0.3) is 0 Å². The van der Waals surface area contributed by atoms with E-state index in [0.29, 0.717) is 0 Å². The van der Waals surface area contributed by atoms with Crippen molar-refractivity contribution in [3.8, 4) is 0 Å². The van der Waals surface area contributed by atoms with Crippen LogP contribution >= 0.6 is 0 Å². The van der Waals surface area contributed by atoms with Gasteiger partial charge in [-0.05, 0) is 31.6 Å². The van der Waals surface area contributed by atoms with E-state index in [2.05, 4.69) is 6.08 Å². The van der Waals surface area contributed by atoms with Gasteiger partial charge in [0.1, 0.15) is 0 Å². The van der Waals surface area contributed by atoms with Gasteiger partial charge in [0, 0.05) is 0 Å². The maximum absolute atomic E-state index is 9.48. The summed E-state index contributed by atoms with van der Waals surface area (Å²) in [6.45, 7) is 0. The Kier molecular flexibility index (Phi) is 3.05. The van der Waals surface area contributed by atoms with Crippen LogP contribution in [0.15, 0.2) is 11.6 Å². The minimum absolute atomic E-state index is 0.134. The molecule has 2 aliphatic rings. The Morgan fingerprint density at radius 1 is 1.15 bits per heavy atom. The topological polar surface area (TPSA) is 20.2 Å². The first-order valence-electron chi connectivity index (χ1n) is 5.72. The van der Waals surface area contributed by atoms with E-state index in [9.17, 15) is 5.11 Å². The molecule has 0 aromatic rings. The molecule has 1 unspecified atom stereocenters.